The lowest BCUT2D eigenvalue weighted by molar-refractivity contribution is -0.157. The van der Waals surface area contributed by atoms with Gasteiger partial charge in [0.05, 0.1) is 12.5 Å². The van der Waals surface area contributed by atoms with E-state index < -0.39 is 23.4 Å². The number of esters is 2. The highest BCUT2D eigenvalue weighted by atomic mass is 16.6. The molecule has 0 bridgehead atoms. The van der Waals surface area contributed by atoms with Crippen molar-refractivity contribution in [1.82, 2.24) is 0 Å². The molecule has 132 valence electrons. The van der Waals surface area contributed by atoms with Crippen molar-refractivity contribution in [3.8, 4) is 0 Å². The Hall–Kier alpha value is -1.10. The standard InChI is InChI=1S/C18H30O5/c1-2-3-4-5-6-7-8-9-10-11-14-15-17(21)22-13-18(15,12-19)23-16(14)20/h14-15,19H,2-13H2,1H3/t14-,15-,18+/m1/s1. The number of ether oxygens (including phenoxy) is 2. The Balaban J connectivity index is 1.66. The summed E-state index contributed by atoms with van der Waals surface area (Å²) in [4.78, 5) is 23.9. The number of aliphatic hydroxyl groups excluding tert-OH is 1. The van der Waals surface area contributed by atoms with Crippen LogP contribution in [0.5, 0.6) is 0 Å². The van der Waals surface area contributed by atoms with Crippen LogP contribution in [0.4, 0.5) is 0 Å². The molecule has 2 aliphatic rings. The van der Waals surface area contributed by atoms with Gasteiger partial charge in [-0.25, -0.2) is 0 Å². The SMILES string of the molecule is CCCCCCCCCCC[C@H]1C(=O)O[C@@]2(CO)COC(=O)[C@@H]12. The minimum absolute atomic E-state index is 0.00694. The summed E-state index contributed by atoms with van der Waals surface area (Å²) in [6, 6.07) is 0. The van der Waals surface area contributed by atoms with Crippen LogP contribution in [0.2, 0.25) is 0 Å². The Labute approximate surface area is 138 Å². The molecule has 23 heavy (non-hydrogen) atoms. The minimum Gasteiger partial charge on any atom is -0.461 e. The van der Waals surface area contributed by atoms with Gasteiger partial charge in [-0.15, -0.1) is 0 Å². The first-order valence-corrected chi connectivity index (χ1v) is 9.15. The van der Waals surface area contributed by atoms with Crippen LogP contribution in [0.25, 0.3) is 0 Å². The number of carbonyl (C=O) groups is 2. The average molecular weight is 326 g/mol. The topological polar surface area (TPSA) is 72.8 Å². The van der Waals surface area contributed by atoms with Crippen molar-refractivity contribution in [2.45, 2.75) is 76.7 Å². The maximum absolute atomic E-state index is 12.0. The predicted molar refractivity (Wildman–Crippen MR) is 85.7 cm³/mol. The van der Waals surface area contributed by atoms with Gasteiger partial charge in [-0.05, 0) is 6.42 Å². The molecule has 2 heterocycles. The van der Waals surface area contributed by atoms with Gasteiger partial charge in [0.15, 0.2) is 5.60 Å². The second-order valence-corrected chi connectivity index (χ2v) is 6.95. The van der Waals surface area contributed by atoms with Crippen molar-refractivity contribution < 1.29 is 24.2 Å². The van der Waals surface area contributed by atoms with Crippen LogP contribution in [-0.2, 0) is 19.1 Å². The van der Waals surface area contributed by atoms with E-state index in [1.165, 1.54) is 44.9 Å². The normalized spacial score (nSPS) is 29.5. The highest BCUT2D eigenvalue weighted by Crippen LogP contribution is 2.44. The van der Waals surface area contributed by atoms with E-state index in [1.54, 1.807) is 0 Å². The molecule has 0 unspecified atom stereocenters. The second kappa shape index (κ2) is 8.67. The van der Waals surface area contributed by atoms with E-state index in [-0.39, 0.29) is 19.2 Å². The van der Waals surface area contributed by atoms with Crippen LogP contribution in [0, 0.1) is 11.8 Å². The molecule has 0 radical (unpaired) electrons. The number of cyclic esters (lactones) is 1. The average Bonchev–Trinajstić information content (AvgIpc) is 3.01. The fourth-order valence-electron chi connectivity index (χ4n) is 3.76. The van der Waals surface area contributed by atoms with Gasteiger partial charge in [0.2, 0.25) is 0 Å². The number of hydrogen-bond donors (Lipinski definition) is 1. The Bertz CT molecular complexity index is 408. The van der Waals surface area contributed by atoms with Gasteiger partial charge < -0.3 is 14.6 Å². The quantitative estimate of drug-likeness (QED) is 0.467. The van der Waals surface area contributed by atoms with E-state index in [0.717, 1.165) is 12.8 Å². The Morgan fingerprint density at radius 2 is 1.61 bits per heavy atom. The largest absolute Gasteiger partial charge is 0.461 e. The van der Waals surface area contributed by atoms with Gasteiger partial charge in [0.1, 0.15) is 12.5 Å². The van der Waals surface area contributed by atoms with Crippen LogP contribution < -0.4 is 0 Å². The third-order valence-corrected chi connectivity index (χ3v) is 5.17. The van der Waals surface area contributed by atoms with Crippen molar-refractivity contribution >= 4 is 11.9 Å². The third kappa shape index (κ3) is 4.25. The van der Waals surface area contributed by atoms with E-state index in [9.17, 15) is 14.7 Å². The van der Waals surface area contributed by atoms with Crippen molar-refractivity contribution in [3.05, 3.63) is 0 Å². The van der Waals surface area contributed by atoms with Crippen LogP contribution in [0.15, 0.2) is 0 Å². The van der Waals surface area contributed by atoms with Gasteiger partial charge in [0, 0.05) is 0 Å². The van der Waals surface area contributed by atoms with Crippen molar-refractivity contribution in [2.75, 3.05) is 13.2 Å². The van der Waals surface area contributed by atoms with E-state index in [1.807, 2.05) is 0 Å². The second-order valence-electron chi connectivity index (χ2n) is 6.95. The van der Waals surface area contributed by atoms with Crippen molar-refractivity contribution in [2.24, 2.45) is 11.8 Å². The molecule has 2 aliphatic heterocycles. The van der Waals surface area contributed by atoms with Gasteiger partial charge in [-0.2, -0.15) is 0 Å². The molecule has 0 aliphatic carbocycles. The minimum atomic E-state index is -1.11. The van der Waals surface area contributed by atoms with Crippen molar-refractivity contribution in [1.29, 1.82) is 0 Å². The summed E-state index contributed by atoms with van der Waals surface area (Å²) in [6.45, 7) is 1.87. The van der Waals surface area contributed by atoms with Crippen molar-refractivity contribution in [3.63, 3.8) is 0 Å². The van der Waals surface area contributed by atoms with E-state index >= 15 is 0 Å². The van der Waals surface area contributed by atoms with Crippen LogP contribution in [0.3, 0.4) is 0 Å². The number of hydrogen-bond acceptors (Lipinski definition) is 5. The molecule has 0 aromatic heterocycles. The number of rotatable bonds is 11. The smallest absolute Gasteiger partial charge is 0.314 e. The maximum Gasteiger partial charge on any atom is 0.314 e. The van der Waals surface area contributed by atoms with Gasteiger partial charge in [-0.3, -0.25) is 9.59 Å². The predicted octanol–water partition coefficient (Wildman–Crippen LogP) is 2.98. The Kier molecular flexibility index (Phi) is 6.88. The summed E-state index contributed by atoms with van der Waals surface area (Å²) in [7, 11) is 0. The lowest BCUT2D eigenvalue weighted by Gasteiger charge is -2.20. The first-order chi connectivity index (χ1) is 11.1. The highest BCUT2D eigenvalue weighted by Gasteiger charge is 2.63. The molecule has 3 atom stereocenters. The van der Waals surface area contributed by atoms with E-state index in [0.29, 0.717) is 6.42 Å². The number of aliphatic hydroxyl groups is 1. The summed E-state index contributed by atoms with van der Waals surface area (Å²) in [5, 5.41) is 9.50. The molecule has 5 nitrogen and oxygen atoms in total. The highest BCUT2D eigenvalue weighted by molar-refractivity contribution is 5.88. The summed E-state index contributed by atoms with van der Waals surface area (Å²) >= 11 is 0. The number of unbranched alkanes of at least 4 members (excludes halogenated alkanes) is 8. The summed E-state index contributed by atoms with van der Waals surface area (Å²) in [6.07, 6.45) is 11.6. The molecule has 2 fully saturated rings. The lowest BCUT2D eigenvalue weighted by atomic mass is 9.81. The molecule has 0 aromatic carbocycles. The fraction of sp³-hybridized carbons (Fsp3) is 0.889. The van der Waals surface area contributed by atoms with Gasteiger partial charge in [0.25, 0.3) is 0 Å². The first-order valence-electron chi connectivity index (χ1n) is 9.15. The molecular weight excluding hydrogens is 296 g/mol. The molecule has 0 saturated carbocycles. The Morgan fingerprint density at radius 3 is 2.22 bits per heavy atom. The van der Waals surface area contributed by atoms with Crippen LogP contribution in [-0.4, -0.2) is 35.9 Å². The zero-order valence-electron chi connectivity index (χ0n) is 14.2. The molecular formula is C18H30O5. The number of fused-ring (bicyclic) bond motifs is 1. The summed E-state index contributed by atoms with van der Waals surface area (Å²) in [5.74, 6) is -1.80. The van der Waals surface area contributed by atoms with Gasteiger partial charge >= 0.3 is 11.9 Å². The maximum atomic E-state index is 12.0. The monoisotopic (exact) mass is 326 g/mol. The molecule has 0 amide bonds. The molecule has 1 N–H and O–H groups in total. The van der Waals surface area contributed by atoms with Crippen LogP contribution in [0.1, 0.15) is 71.1 Å². The zero-order valence-corrected chi connectivity index (χ0v) is 14.2. The third-order valence-electron chi connectivity index (χ3n) is 5.17. The molecule has 0 aromatic rings. The number of carbonyl (C=O) groups excluding carboxylic acids is 2. The lowest BCUT2D eigenvalue weighted by Crippen LogP contribution is -2.41. The van der Waals surface area contributed by atoms with Crippen LogP contribution >= 0.6 is 0 Å². The van der Waals surface area contributed by atoms with Gasteiger partial charge in [-0.1, -0.05) is 64.7 Å². The van der Waals surface area contributed by atoms with E-state index in [4.69, 9.17) is 9.47 Å². The molecule has 5 heteroatoms. The molecule has 2 rings (SSSR count). The fourth-order valence-corrected chi connectivity index (χ4v) is 3.76. The summed E-state index contributed by atoms with van der Waals surface area (Å²) < 4.78 is 10.3. The summed E-state index contributed by atoms with van der Waals surface area (Å²) in [5.41, 5.74) is -1.11. The Morgan fingerprint density at radius 1 is 1.00 bits per heavy atom. The zero-order chi connectivity index (χ0) is 16.7. The molecule has 2 saturated heterocycles. The van der Waals surface area contributed by atoms with E-state index in [2.05, 4.69) is 6.92 Å². The molecule has 0 spiro atoms. The first kappa shape index (κ1) is 18.2.